The first-order valence-electron chi connectivity index (χ1n) is 15.0. The minimum atomic E-state index is -1.97. The smallest absolute Gasteiger partial charge is 0.316 e. The van der Waals surface area contributed by atoms with Crippen molar-refractivity contribution in [3.63, 3.8) is 0 Å². The standard InChI is InChI=1S/C30H54N2O10/c1-12-21-30(8,38)24(35)19(6)26(36)31-15(2)14-29(7,39-11)25(17(4)22(33)18(5)27(37)41-21)42-28-23(34)20(32(9)10)13-16(3)40-28/h15-21,23-25,28,34-35,38H,12-14H2,1-11H3,(H,31,36)/t15-,16-,17+,18-,19-,20-,21-,23-,24-,25-,28+,29-,30-/m1/s1. The molecule has 2 rings (SSSR count). The Morgan fingerprint density at radius 1 is 1.05 bits per heavy atom. The topological polar surface area (TPSA) is 164 Å². The molecule has 2 aliphatic heterocycles. The lowest BCUT2D eigenvalue weighted by Crippen LogP contribution is -2.59. The molecule has 0 aromatic rings. The predicted molar refractivity (Wildman–Crippen MR) is 154 cm³/mol. The number of methoxy groups -OCH3 is 1. The molecule has 4 N–H and O–H groups in total. The van der Waals surface area contributed by atoms with Gasteiger partial charge in [-0.1, -0.05) is 20.8 Å². The van der Waals surface area contributed by atoms with Gasteiger partial charge >= 0.3 is 5.97 Å². The van der Waals surface area contributed by atoms with Crippen LogP contribution in [-0.2, 0) is 33.3 Å². The van der Waals surface area contributed by atoms with Crippen molar-refractivity contribution in [1.82, 2.24) is 10.2 Å². The Morgan fingerprint density at radius 2 is 1.64 bits per heavy atom. The summed E-state index contributed by atoms with van der Waals surface area (Å²) in [5, 5.41) is 36.3. The molecular formula is C30H54N2O10. The lowest BCUT2D eigenvalue weighted by atomic mass is 9.79. The van der Waals surface area contributed by atoms with Crippen molar-refractivity contribution < 1.29 is 48.7 Å². The van der Waals surface area contributed by atoms with Crippen LogP contribution in [0.5, 0.6) is 0 Å². The fourth-order valence-electron chi connectivity index (χ4n) is 6.30. The van der Waals surface area contributed by atoms with Crippen molar-refractivity contribution in [2.75, 3.05) is 21.2 Å². The molecule has 0 aliphatic carbocycles. The molecule has 244 valence electrons. The number of amides is 1. The van der Waals surface area contributed by atoms with Crippen LogP contribution in [0.3, 0.4) is 0 Å². The lowest BCUT2D eigenvalue weighted by Gasteiger charge is -2.46. The minimum Gasteiger partial charge on any atom is -0.459 e. The van der Waals surface area contributed by atoms with E-state index in [9.17, 15) is 29.7 Å². The quantitative estimate of drug-likeness (QED) is 0.262. The molecule has 2 aliphatic rings. The molecular weight excluding hydrogens is 548 g/mol. The number of hydrogen-bond donors (Lipinski definition) is 4. The van der Waals surface area contributed by atoms with Crippen LogP contribution >= 0.6 is 0 Å². The number of carbonyl (C=O) groups excluding carboxylic acids is 3. The number of Topliss-reactive ketones (excluding diaryl/α,β-unsaturated/α-hetero) is 1. The maximum atomic E-state index is 13.8. The number of likely N-dealkylation sites (N-methyl/N-ethyl adjacent to an activating group) is 1. The third-order valence-electron chi connectivity index (χ3n) is 9.18. The second-order valence-corrected chi connectivity index (χ2v) is 13.0. The molecule has 2 fully saturated rings. The second-order valence-electron chi connectivity index (χ2n) is 13.0. The highest BCUT2D eigenvalue weighted by Crippen LogP contribution is 2.36. The molecule has 0 bridgehead atoms. The summed E-state index contributed by atoms with van der Waals surface area (Å²) in [5.74, 6) is -5.14. The Labute approximate surface area is 250 Å². The van der Waals surface area contributed by atoms with Gasteiger partial charge in [-0.2, -0.15) is 0 Å². The van der Waals surface area contributed by atoms with Crippen molar-refractivity contribution in [3.05, 3.63) is 0 Å². The average Bonchev–Trinajstić information content (AvgIpc) is 2.92. The molecule has 2 saturated heterocycles. The highest BCUT2D eigenvalue weighted by Gasteiger charge is 2.50. The first-order chi connectivity index (χ1) is 19.3. The van der Waals surface area contributed by atoms with E-state index in [4.69, 9.17) is 18.9 Å². The van der Waals surface area contributed by atoms with Crippen molar-refractivity contribution >= 4 is 17.7 Å². The van der Waals surface area contributed by atoms with Gasteiger partial charge in [0.05, 0.1) is 29.8 Å². The minimum absolute atomic E-state index is 0.132. The van der Waals surface area contributed by atoms with E-state index < -0.39 is 83.4 Å². The number of nitrogens with zero attached hydrogens (tertiary/aromatic N) is 1. The summed E-state index contributed by atoms with van der Waals surface area (Å²) < 4.78 is 24.0. The fraction of sp³-hybridized carbons (Fsp3) is 0.900. The van der Waals surface area contributed by atoms with Crippen LogP contribution < -0.4 is 5.32 Å². The van der Waals surface area contributed by atoms with E-state index in [1.165, 1.54) is 27.9 Å². The highest BCUT2D eigenvalue weighted by molar-refractivity contribution is 6.00. The number of hydrogen-bond acceptors (Lipinski definition) is 11. The van der Waals surface area contributed by atoms with Crippen LogP contribution in [-0.4, -0.2) is 119 Å². The summed E-state index contributed by atoms with van der Waals surface area (Å²) in [6, 6.07) is -0.789. The summed E-state index contributed by atoms with van der Waals surface area (Å²) >= 11 is 0. The average molecular weight is 603 g/mol. The van der Waals surface area contributed by atoms with Crippen LogP contribution in [0.1, 0.15) is 74.7 Å². The zero-order valence-corrected chi connectivity index (χ0v) is 27.1. The van der Waals surface area contributed by atoms with E-state index in [1.54, 1.807) is 27.7 Å². The van der Waals surface area contributed by atoms with E-state index >= 15 is 0 Å². The molecule has 42 heavy (non-hydrogen) atoms. The molecule has 13 atom stereocenters. The monoisotopic (exact) mass is 602 g/mol. The largest absolute Gasteiger partial charge is 0.459 e. The summed E-state index contributed by atoms with van der Waals surface area (Å²) in [6.45, 7) is 12.9. The number of rotatable bonds is 5. The van der Waals surface area contributed by atoms with Gasteiger partial charge < -0.3 is 44.5 Å². The van der Waals surface area contributed by atoms with Crippen LogP contribution in [0.4, 0.5) is 0 Å². The molecule has 0 radical (unpaired) electrons. The third-order valence-corrected chi connectivity index (χ3v) is 9.18. The third kappa shape index (κ3) is 7.88. The van der Waals surface area contributed by atoms with E-state index in [1.807, 2.05) is 25.9 Å². The van der Waals surface area contributed by atoms with Crippen LogP contribution in [0.15, 0.2) is 0 Å². The van der Waals surface area contributed by atoms with Gasteiger partial charge in [0.15, 0.2) is 12.1 Å². The van der Waals surface area contributed by atoms with Crippen LogP contribution in [0.25, 0.3) is 0 Å². The molecule has 1 amide bonds. The fourth-order valence-corrected chi connectivity index (χ4v) is 6.30. The summed E-state index contributed by atoms with van der Waals surface area (Å²) in [4.78, 5) is 42.2. The molecule has 2 heterocycles. The Balaban J connectivity index is 2.59. The number of aliphatic hydroxyl groups excluding tert-OH is 2. The Morgan fingerprint density at radius 3 is 2.17 bits per heavy atom. The van der Waals surface area contributed by atoms with Crippen molar-refractivity contribution in [3.8, 4) is 0 Å². The van der Waals surface area contributed by atoms with Crippen molar-refractivity contribution in [2.24, 2.45) is 17.8 Å². The maximum Gasteiger partial charge on any atom is 0.316 e. The van der Waals surface area contributed by atoms with Crippen LogP contribution in [0.2, 0.25) is 0 Å². The molecule has 0 aromatic carbocycles. The second kappa shape index (κ2) is 14.4. The number of aliphatic hydroxyl groups is 3. The number of nitrogens with one attached hydrogen (secondary N) is 1. The van der Waals surface area contributed by atoms with Gasteiger partial charge in [-0.25, -0.2) is 0 Å². The zero-order valence-electron chi connectivity index (χ0n) is 27.1. The number of esters is 1. The molecule has 0 unspecified atom stereocenters. The van der Waals surface area contributed by atoms with E-state index in [2.05, 4.69) is 5.32 Å². The van der Waals surface area contributed by atoms with Gasteiger partial charge in [0.2, 0.25) is 5.91 Å². The highest BCUT2D eigenvalue weighted by atomic mass is 16.7. The molecule has 0 spiro atoms. The summed E-state index contributed by atoms with van der Waals surface area (Å²) in [7, 11) is 5.18. The molecule has 12 nitrogen and oxygen atoms in total. The molecule has 0 saturated carbocycles. The van der Waals surface area contributed by atoms with Gasteiger partial charge in [0.25, 0.3) is 0 Å². The number of ketones is 1. The Hall–Kier alpha value is -1.67. The maximum absolute atomic E-state index is 13.8. The Kier molecular flexibility index (Phi) is 12.5. The van der Waals surface area contributed by atoms with Crippen molar-refractivity contribution in [2.45, 2.75) is 135 Å². The van der Waals surface area contributed by atoms with E-state index in [0.29, 0.717) is 6.42 Å². The van der Waals surface area contributed by atoms with Gasteiger partial charge in [-0.15, -0.1) is 0 Å². The predicted octanol–water partition coefficient (Wildman–Crippen LogP) is 1.02. The van der Waals surface area contributed by atoms with E-state index in [0.717, 1.165) is 0 Å². The Bertz CT molecular complexity index is 945. The van der Waals surface area contributed by atoms with Gasteiger partial charge in [-0.3, -0.25) is 14.4 Å². The lowest BCUT2D eigenvalue weighted by molar-refractivity contribution is -0.295. The van der Waals surface area contributed by atoms with Gasteiger partial charge in [-0.05, 0) is 68.0 Å². The first kappa shape index (κ1) is 36.5. The number of ether oxygens (including phenoxy) is 4. The van der Waals surface area contributed by atoms with Gasteiger partial charge in [0, 0.05) is 25.1 Å². The van der Waals surface area contributed by atoms with Gasteiger partial charge in [0.1, 0.15) is 23.7 Å². The zero-order chi connectivity index (χ0) is 32.3. The van der Waals surface area contributed by atoms with Crippen LogP contribution in [0, 0.1) is 17.8 Å². The normalized spacial score (nSPS) is 45.1. The first-order valence-corrected chi connectivity index (χ1v) is 15.0. The molecule has 0 aromatic heterocycles. The summed E-state index contributed by atoms with van der Waals surface area (Å²) in [6.07, 6.45) is -5.27. The van der Waals surface area contributed by atoms with E-state index in [-0.39, 0.29) is 25.0 Å². The van der Waals surface area contributed by atoms with Crippen molar-refractivity contribution in [1.29, 1.82) is 0 Å². The number of carbonyl (C=O) groups is 3. The molecule has 12 heteroatoms. The SMILES string of the molecule is CC[C@H]1OC(=O)[C@H](C)C(=O)[C@H](C)[C@@H](O[C@@H]2O[C@H](C)C[C@@H](N(C)C)[C@H]2O)[C@](C)(OC)C[C@@H](C)NC(=O)[C@H](C)[C@@H](O)[C@]1(C)O. The summed E-state index contributed by atoms with van der Waals surface area (Å²) in [5.41, 5.74) is -3.18. The number of cyclic esters (lactones) is 1.